The van der Waals surface area contributed by atoms with Gasteiger partial charge in [0.05, 0.1) is 35.0 Å². The Morgan fingerprint density at radius 2 is 2.18 bits per heavy atom. The van der Waals surface area contributed by atoms with E-state index in [4.69, 9.17) is 4.74 Å². The first-order chi connectivity index (χ1) is 8.08. The molecule has 1 amide bonds. The number of hydrogen-bond donors (Lipinski definition) is 0. The number of rotatable bonds is 2. The SMILES string of the molecule is O=C1C(=O)N(CC2CO2)c2cc(F)c(Br)cc21. The van der Waals surface area contributed by atoms with E-state index in [1.165, 1.54) is 17.0 Å². The standard InChI is InChI=1S/C11H7BrFNO3/c12-7-1-6-9(2-8(7)13)14(3-5-4-17-5)11(16)10(6)15/h1-2,5H,3-4H2. The smallest absolute Gasteiger partial charge is 0.299 e. The molecule has 4 nitrogen and oxygen atoms in total. The molecular weight excluding hydrogens is 293 g/mol. The lowest BCUT2D eigenvalue weighted by Crippen LogP contribution is -2.33. The molecule has 1 fully saturated rings. The minimum absolute atomic E-state index is 0.0376. The minimum atomic E-state index is -0.618. The Morgan fingerprint density at radius 1 is 1.47 bits per heavy atom. The number of halogens is 2. The van der Waals surface area contributed by atoms with E-state index in [1.54, 1.807) is 0 Å². The van der Waals surface area contributed by atoms with Crippen LogP contribution in [-0.2, 0) is 9.53 Å². The van der Waals surface area contributed by atoms with Gasteiger partial charge in [0.25, 0.3) is 11.7 Å². The lowest BCUT2D eigenvalue weighted by atomic mass is 10.1. The monoisotopic (exact) mass is 299 g/mol. The van der Waals surface area contributed by atoms with Crippen molar-refractivity contribution in [2.45, 2.75) is 6.10 Å². The minimum Gasteiger partial charge on any atom is -0.371 e. The van der Waals surface area contributed by atoms with Gasteiger partial charge in [0.2, 0.25) is 0 Å². The van der Waals surface area contributed by atoms with Gasteiger partial charge in [0.15, 0.2) is 0 Å². The predicted octanol–water partition coefficient (Wildman–Crippen LogP) is 1.52. The largest absolute Gasteiger partial charge is 0.371 e. The number of nitrogens with zero attached hydrogens (tertiary/aromatic N) is 1. The second-order valence-corrected chi connectivity index (χ2v) is 4.84. The fourth-order valence-corrected chi connectivity index (χ4v) is 2.19. The molecule has 1 aromatic rings. The number of ketones is 1. The Morgan fingerprint density at radius 3 is 2.82 bits per heavy atom. The van der Waals surface area contributed by atoms with Crippen LogP contribution >= 0.6 is 15.9 Å². The first-order valence-electron chi connectivity index (χ1n) is 5.05. The first kappa shape index (κ1) is 10.9. The van der Waals surface area contributed by atoms with Crippen LogP contribution in [0.25, 0.3) is 0 Å². The Hall–Kier alpha value is -1.27. The second kappa shape index (κ2) is 3.61. The van der Waals surface area contributed by atoms with E-state index in [-0.39, 0.29) is 16.1 Å². The van der Waals surface area contributed by atoms with Crippen molar-refractivity contribution in [2.75, 3.05) is 18.1 Å². The molecule has 2 aliphatic rings. The van der Waals surface area contributed by atoms with E-state index >= 15 is 0 Å². The number of amides is 1. The molecule has 2 aliphatic heterocycles. The van der Waals surface area contributed by atoms with Gasteiger partial charge in [-0.15, -0.1) is 0 Å². The Labute approximate surface area is 104 Å². The maximum Gasteiger partial charge on any atom is 0.299 e. The highest BCUT2D eigenvalue weighted by molar-refractivity contribution is 9.10. The van der Waals surface area contributed by atoms with E-state index < -0.39 is 17.5 Å². The van der Waals surface area contributed by atoms with Crippen molar-refractivity contribution in [3.8, 4) is 0 Å². The van der Waals surface area contributed by atoms with E-state index in [9.17, 15) is 14.0 Å². The molecule has 88 valence electrons. The van der Waals surface area contributed by atoms with Gasteiger partial charge >= 0.3 is 0 Å². The number of hydrogen-bond acceptors (Lipinski definition) is 3. The van der Waals surface area contributed by atoms with Crippen molar-refractivity contribution in [1.82, 2.24) is 0 Å². The fourth-order valence-electron chi connectivity index (χ4n) is 1.85. The van der Waals surface area contributed by atoms with Crippen molar-refractivity contribution in [3.05, 3.63) is 28.0 Å². The summed E-state index contributed by atoms with van der Waals surface area (Å²) in [5.41, 5.74) is 0.570. The predicted molar refractivity (Wildman–Crippen MR) is 60.5 cm³/mol. The molecule has 0 saturated carbocycles. The quantitative estimate of drug-likeness (QED) is 0.614. The molecule has 0 bridgehead atoms. The number of benzene rings is 1. The number of carbonyl (C=O) groups is 2. The third-order valence-corrected chi connectivity index (χ3v) is 3.41. The van der Waals surface area contributed by atoms with Gasteiger partial charge in [-0.3, -0.25) is 9.59 Å². The van der Waals surface area contributed by atoms with Crippen LogP contribution < -0.4 is 4.90 Å². The average Bonchev–Trinajstić information content (AvgIpc) is 3.07. The summed E-state index contributed by atoms with van der Waals surface area (Å²) in [6.07, 6.45) is -0.0376. The lowest BCUT2D eigenvalue weighted by molar-refractivity contribution is -0.114. The number of Topliss-reactive ketones (excluding diaryl/α,β-unsaturated/α-hetero) is 1. The van der Waals surface area contributed by atoms with Crippen LogP contribution in [0, 0.1) is 5.82 Å². The number of ether oxygens (including phenoxy) is 1. The zero-order valence-corrected chi connectivity index (χ0v) is 10.2. The highest BCUT2D eigenvalue weighted by atomic mass is 79.9. The molecule has 1 atom stereocenters. The van der Waals surface area contributed by atoms with Gasteiger partial charge in [-0.2, -0.15) is 0 Å². The molecule has 1 unspecified atom stereocenters. The third kappa shape index (κ3) is 1.68. The summed E-state index contributed by atoms with van der Waals surface area (Å²) in [5.74, 6) is -1.71. The van der Waals surface area contributed by atoms with Gasteiger partial charge in [-0.25, -0.2) is 4.39 Å². The Bertz CT molecular complexity index is 542. The van der Waals surface area contributed by atoms with Crippen LogP contribution in [0.2, 0.25) is 0 Å². The molecule has 6 heteroatoms. The molecule has 1 aromatic carbocycles. The fraction of sp³-hybridized carbons (Fsp3) is 0.273. The summed E-state index contributed by atoms with van der Waals surface area (Å²) in [5, 5.41) is 0. The second-order valence-electron chi connectivity index (χ2n) is 3.98. The van der Waals surface area contributed by atoms with E-state index in [0.29, 0.717) is 18.8 Å². The van der Waals surface area contributed by atoms with Crippen LogP contribution in [0.5, 0.6) is 0 Å². The Kier molecular flexibility index (Phi) is 2.31. The van der Waals surface area contributed by atoms with Gasteiger partial charge in [-0.1, -0.05) is 0 Å². The van der Waals surface area contributed by atoms with Gasteiger partial charge in [0.1, 0.15) is 5.82 Å². The van der Waals surface area contributed by atoms with Crippen molar-refractivity contribution in [3.63, 3.8) is 0 Å². The normalized spacial score (nSPS) is 22.0. The Balaban J connectivity index is 2.07. The van der Waals surface area contributed by atoms with Crippen LogP contribution in [0.1, 0.15) is 10.4 Å². The van der Waals surface area contributed by atoms with Crippen LogP contribution in [-0.4, -0.2) is 30.9 Å². The highest BCUT2D eigenvalue weighted by Gasteiger charge is 2.40. The van der Waals surface area contributed by atoms with Crippen molar-refractivity contribution < 1.29 is 18.7 Å². The lowest BCUT2D eigenvalue weighted by Gasteiger charge is -2.14. The first-order valence-corrected chi connectivity index (χ1v) is 5.84. The summed E-state index contributed by atoms with van der Waals surface area (Å²) < 4.78 is 18.6. The van der Waals surface area contributed by atoms with Crippen LogP contribution in [0.3, 0.4) is 0 Å². The molecular formula is C11H7BrFNO3. The van der Waals surface area contributed by atoms with Crippen LogP contribution in [0.15, 0.2) is 16.6 Å². The van der Waals surface area contributed by atoms with Crippen molar-refractivity contribution in [2.24, 2.45) is 0 Å². The summed E-state index contributed by atoms with van der Waals surface area (Å²) >= 11 is 3.00. The van der Waals surface area contributed by atoms with Crippen molar-refractivity contribution in [1.29, 1.82) is 0 Å². The molecule has 0 aliphatic carbocycles. The number of epoxide rings is 1. The summed E-state index contributed by atoms with van der Waals surface area (Å²) in [7, 11) is 0. The topological polar surface area (TPSA) is 49.9 Å². The maximum atomic E-state index is 13.4. The molecule has 0 radical (unpaired) electrons. The maximum absolute atomic E-state index is 13.4. The molecule has 1 saturated heterocycles. The zero-order valence-electron chi connectivity index (χ0n) is 8.57. The van der Waals surface area contributed by atoms with E-state index in [1.807, 2.05) is 0 Å². The zero-order chi connectivity index (χ0) is 12.2. The molecule has 2 heterocycles. The number of fused-ring (bicyclic) bond motifs is 1. The van der Waals surface area contributed by atoms with Gasteiger partial charge in [-0.05, 0) is 28.1 Å². The summed E-state index contributed by atoms with van der Waals surface area (Å²) in [6, 6.07) is 2.54. The third-order valence-electron chi connectivity index (χ3n) is 2.80. The highest BCUT2D eigenvalue weighted by Crippen LogP contribution is 2.34. The van der Waals surface area contributed by atoms with Crippen LogP contribution in [0.4, 0.5) is 10.1 Å². The summed E-state index contributed by atoms with van der Waals surface area (Å²) in [6.45, 7) is 0.880. The molecule has 17 heavy (non-hydrogen) atoms. The molecule has 3 rings (SSSR count). The average molecular weight is 300 g/mol. The van der Waals surface area contributed by atoms with E-state index in [2.05, 4.69) is 15.9 Å². The molecule has 0 aromatic heterocycles. The molecule has 0 N–H and O–H groups in total. The van der Waals surface area contributed by atoms with Gasteiger partial charge in [0, 0.05) is 0 Å². The van der Waals surface area contributed by atoms with Gasteiger partial charge < -0.3 is 9.64 Å². The van der Waals surface area contributed by atoms with Crippen molar-refractivity contribution >= 4 is 33.3 Å². The molecule has 0 spiro atoms. The summed E-state index contributed by atoms with van der Waals surface area (Å²) in [4.78, 5) is 24.7. The van der Waals surface area contributed by atoms with E-state index in [0.717, 1.165) is 0 Å². The number of anilines is 1. The number of carbonyl (C=O) groups excluding carboxylic acids is 2.